The van der Waals surface area contributed by atoms with Crippen LogP contribution in [0.3, 0.4) is 0 Å². The van der Waals surface area contributed by atoms with Gasteiger partial charge in [-0.1, -0.05) is 18.7 Å². The van der Waals surface area contributed by atoms with Crippen molar-refractivity contribution in [1.29, 1.82) is 0 Å². The molecule has 2 aliphatic heterocycles. The number of aromatic amines is 2. The standard InChI is InChI=1S/C46H33N7O3/c1-2-42(54)56-28-27-55-33-5-3-29(4-6-33)43-34-7-9-36(50-34)44(30-15-21-47-22-16-30)38-11-13-40(52-38)46(32-19-25-49-26-20-32)41-14-12-39(53-41)45(31-17-23-48-24-18-31)37-10-8-35(43)51-37/h2-26,50,53H,1,27-28H2. The van der Waals surface area contributed by atoms with Crippen LogP contribution in [0.2, 0.25) is 0 Å². The molecule has 56 heavy (non-hydrogen) atoms. The second-order valence-corrected chi connectivity index (χ2v) is 13.0. The third-order valence-corrected chi connectivity index (χ3v) is 9.57. The fourth-order valence-electron chi connectivity index (χ4n) is 7.05. The summed E-state index contributed by atoms with van der Waals surface area (Å²) in [5.41, 5.74) is 14.3. The Kier molecular flexibility index (Phi) is 9.10. The Hall–Kier alpha value is -7.72. The number of aromatic nitrogens is 7. The molecule has 0 aliphatic carbocycles. The van der Waals surface area contributed by atoms with Crippen molar-refractivity contribution in [2.75, 3.05) is 13.2 Å². The summed E-state index contributed by atoms with van der Waals surface area (Å²) in [4.78, 5) is 42.5. The normalized spacial score (nSPS) is 11.7. The summed E-state index contributed by atoms with van der Waals surface area (Å²) in [6, 6.07) is 28.2. The third kappa shape index (κ3) is 6.67. The molecule has 270 valence electrons. The van der Waals surface area contributed by atoms with Crippen molar-refractivity contribution in [3.8, 4) is 50.3 Å². The quantitative estimate of drug-likeness (QED) is 0.0853. The molecular weight excluding hydrogens is 699 g/mol. The van der Waals surface area contributed by atoms with Crippen molar-refractivity contribution in [3.05, 3.63) is 158 Å². The summed E-state index contributed by atoms with van der Waals surface area (Å²) in [7, 11) is 0. The Labute approximate surface area is 321 Å². The molecule has 8 bridgehead atoms. The predicted molar refractivity (Wildman–Crippen MR) is 221 cm³/mol. The van der Waals surface area contributed by atoms with E-state index in [1.807, 2.05) is 60.7 Å². The van der Waals surface area contributed by atoms with E-state index in [1.54, 1.807) is 37.2 Å². The summed E-state index contributed by atoms with van der Waals surface area (Å²) in [5.74, 6) is 0.158. The molecule has 0 saturated heterocycles. The molecular formula is C46H33N7O3. The van der Waals surface area contributed by atoms with E-state index in [1.165, 1.54) is 0 Å². The van der Waals surface area contributed by atoms with Gasteiger partial charge >= 0.3 is 5.97 Å². The lowest BCUT2D eigenvalue weighted by molar-refractivity contribution is -0.138. The molecule has 2 N–H and O–H groups in total. The first-order valence-electron chi connectivity index (χ1n) is 18.0. The minimum Gasteiger partial charge on any atom is -0.490 e. The molecule has 10 nitrogen and oxygen atoms in total. The van der Waals surface area contributed by atoms with Gasteiger partial charge in [0.15, 0.2) is 0 Å². The highest BCUT2D eigenvalue weighted by Crippen LogP contribution is 2.38. The van der Waals surface area contributed by atoms with E-state index >= 15 is 0 Å². The summed E-state index contributed by atoms with van der Waals surface area (Å²) >= 11 is 0. The summed E-state index contributed by atoms with van der Waals surface area (Å²) < 4.78 is 10.9. The number of hydrogen-bond acceptors (Lipinski definition) is 8. The van der Waals surface area contributed by atoms with Gasteiger partial charge in [0.25, 0.3) is 0 Å². The largest absolute Gasteiger partial charge is 0.490 e. The van der Waals surface area contributed by atoms with Gasteiger partial charge < -0.3 is 19.4 Å². The van der Waals surface area contributed by atoms with Crippen LogP contribution in [0.1, 0.15) is 22.8 Å². The Morgan fingerprint density at radius 1 is 0.500 bits per heavy atom. The van der Waals surface area contributed by atoms with Crippen LogP contribution in [-0.4, -0.2) is 54.1 Å². The van der Waals surface area contributed by atoms with Gasteiger partial charge in [-0.15, -0.1) is 0 Å². The molecule has 0 radical (unpaired) electrons. The van der Waals surface area contributed by atoms with Crippen LogP contribution in [-0.2, 0) is 9.53 Å². The predicted octanol–water partition coefficient (Wildman–Crippen LogP) is 9.62. The number of hydrogen-bond donors (Lipinski definition) is 2. The van der Waals surface area contributed by atoms with Crippen LogP contribution < -0.4 is 4.74 Å². The zero-order valence-electron chi connectivity index (χ0n) is 30.0. The van der Waals surface area contributed by atoms with E-state index in [9.17, 15) is 4.79 Å². The van der Waals surface area contributed by atoms with E-state index in [-0.39, 0.29) is 13.2 Å². The topological polar surface area (TPSA) is 132 Å². The molecule has 10 heteroatoms. The van der Waals surface area contributed by atoms with Gasteiger partial charge in [0, 0.05) is 87.6 Å². The molecule has 8 heterocycles. The number of nitrogens with one attached hydrogen (secondary N) is 2. The van der Waals surface area contributed by atoms with Crippen LogP contribution in [0.15, 0.2) is 135 Å². The number of esters is 1. The first kappa shape index (κ1) is 34.1. The van der Waals surface area contributed by atoms with E-state index in [2.05, 4.69) is 80.1 Å². The zero-order chi connectivity index (χ0) is 37.8. The number of carbonyl (C=O) groups excluding carboxylic acids is 1. The van der Waals surface area contributed by atoms with Crippen molar-refractivity contribution < 1.29 is 14.3 Å². The van der Waals surface area contributed by atoms with Crippen molar-refractivity contribution >= 4 is 52.3 Å². The fraction of sp³-hybridized carbons (Fsp3) is 0.0435. The maximum absolute atomic E-state index is 11.5. The van der Waals surface area contributed by atoms with Crippen LogP contribution in [0, 0.1) is 0 Å². The minimum atomic E-state index is -0.486. The molecule has 1 aromatic carbocycles. The Morgan fingerprint density at radius 3 is 1.21 bits per heavy atom. The van der Waals surface area contributed by atoms with Crippen molar-refractivity contribution in [1.82, 2.24) is 34.9 Å². The highest BCUT2D eigenvalue weighted by Gasteiger charge is 2.19. The van der Waals surface area contributed by atoms with E-state index in [0.717, 1.165) is 95.4 Å². The summed E-state index contributed by atoms with van der Waals surface area (Å²) in [5, 5.41) is 0. The molecule has 0 saturated carbocycles. The van der Waals surface area contributed by atoms with Gasteiger partial charge in [-0.05, 0) is 119 Å². The Balaban J connectivity index is 1.33. The third-order valence-electron chi connectivity index (χ3n) is 9.57. The molecule has 0 amide bonds. The lowest BCUT2D eigenvalue weighted by Gasteiger charge is -2.09. The van der Waals surface area contributed by atoms with Gasteiger partial charge in [0.05, 0.1) is 22.8 Å². The van der Waals surface area contributed by atoms with E-state index in [0.29, 0.717) is 5.75 Å². The van der Waals surface area contributed by atoms with Crippen molar-refractivity contribution in [2.45, 2.75) is 0 Å². The van der Waals surface area contributed by atoms with Crippen LogP contribution in [0.4, 0.5) is 0 Å². The van der Waals surface area contributed by atoms with Crippen molar-refractivity contribution in [2.24, 2.45) is 0 Å². The lowest BCUT2D eigenvalue weighted by atomic mass is 10.0. The highest BCUT2D eigenvalue weighted by atomic mass is 16.6. The molecule has 9 rings (SSSR count). The lowest BCUT2D eigenvalue weighted by Crippen LogP contribution is -2.10. The molecule has 7 aromatic rings. The number of carbonyl (C=O) groups is 1. The zero-order valence-corrected chi connectivity index (χ0v) is 30.0. The van der Waals surface area contributed by atoms with Gasteiger partial charge in [-0.3, -0.25) is 15.0 Å². The molecule has 2 aliphatic rings. The van der Waals surface area contributed by atoms with Gasteiger partial charge in [-0.25, -0.2) is 14.8 Å². The van der Waals surface area contributed by atoms with Gasteiger partial charge in [-0.2, -0.15) is 0 Å². The molecule has 6 aromatic heterocycles. The first-order valence-corrected chi connectivity index (χ1v) is 18.0. The van der Waals surface area contributed by atoms with E-state index in [4.69, 9.17) is 19.4 Å². The number of ether oxygens (including phenoxy) is 2. The second-order valence-electron chi connectivity index (χ2n) is 13.0. The van der Waals surface area contributed by atoms with Gasteiger partial charge in [0.2, 0.25) is 0 Å². The second kappa shape index (κ2) is 15.0. The highest BCUT2D eigenvalue weighted by molar-refractivity contribution is 5.99. The number of pyridine rings is 3. The molecule has 0 fully saturated rings. The number of H-pyrrole nitrogens is 2. The summed E-state index contributed by atoms with van der Waals surface area (Å²) in [6.07, 6.45) is 20.1. The van der Waals surface area contributed by atoms with Gasteiger partial charge in [0.1, 0.15) is 19.0 Å². The van der Waals surface area contributed by atoms with Crippen LogP contribution in [0.25, 0.3) is 90.9 Å². The SMILES string of the molecule is C=CC(=O)OCCOc1ccc(-c2c3nc(c(-c4ccncc4)c4ccc([nH]4)c(-c4ccncc4)c4nc(c(-c5ccncc5)c5ccc2[nH]5)C=C4)C=C3)cc1. The molecule has 0 atom stereocenters. The van der Waals surface area contributed by atoms with Crippen molar-refractivity contribution in [3.63, 3.8) is 0 Å². The fourth-order valence-corrected chi connectivity index (χ4v) is 7.05. The van der Waals surface area contributed by atoms with E-state index < -0.39 is 5.97 Å². The number of fused-ring (bicyclic) bond motifs is 8. The Morgan fingerprint density at radius 2 is 0.857 bits per heavy atom. The minimum absolute atomic E-state index is 0.118. The monoisotopic (exact) mass is 731 g/mol. The molecule has 0 unspecified atom stereocenters. The van der Waals surface area contributed by atoms with Crippen LogP contribution in [0.5, 0.6) is 5.75 Å². The Bertz CT molecular complexity index is 2790. The maximum atomic E-state index is 11.5. The first-order chi connectivity index (χ1) is 27.6. The summed E-state index contributed by atoms with van der Waals surface area (Å²) in [6.45, 7) is 3.76. The average molecular weight is 732 g/mol. The number of rotatable bonds is 9. The average Bonchev–Trinajstić information content (AvgIpc) is 4.09. The number of nitrogens with zero attached hydrogens (tertiary/aromatic N) is 5. The van der Waals surface area contributed by atoms with Crippen LogP contribution >= 0.6 is 0 Å². The molecule has 0 spiro atoms. The maximum Gasteiger partial charge on any atom is 0.330 e. The smallest absolute Gasteiger partial charge is 0.330 e. The number of benzene rings is 1.